The molecule has 1 atom stereocenters. The maximum Gasteiger partial charge on any atom is 0.247 e. The average molecular weight is 403 g/mol. The van der Waals surface area contributed by atoms with Gasteiger partial charge in [-0.05, 0) is 43.7 Å². The molecule has 0 saturated heterocycles. The van der Waals surface area contributed by atoms with Gasteiger partial charge in [-0.25, -0.2) is 9.97 Å². The smallest absolute Gasteiger partial charge is 0.247 e. The lowest BCUT2D eigenvalue weighted by Crippen LogP contribution is -2.37. The summed E-state index contributed by atoms with van der Waals surface area (Å²) in [6, 6.07) is 18.1. The van der Waals surface area contributed by atoms with Crippen LogP contribution < -0.4 is 16.0 Å². The predicted octanol–water partition coefficient (Wildman–Crippen LogP) is 3.71. The van der Waals surface area contributed by atoms with Gasteiger partial charge >= 0.3 is 0 Å². The molecule has 0 fully saturated rings. The Balaban J connectivity index is 1.81. The summed E-state index contributed by atoms with van der Waals surface area (Å²) >= 11 is 0. The zero-order valence-corrected chi connectivity index (χ0v) is 17.3. The quantitative estimate of drug-likeness (QED) is 0.559. The largest absolute Gasteiger partial charge is 0.342 e. The molecule has 7 heteroatoms. The van der Waals surface area contributed by atoms with Gasteiger partial charge in [-0.15, -0.1) is 0 Å². The lowest BCUT2D eigenvalue weighted by molar-refractivity contribution is -0.117. The van der Waals surface area contributed by atoms with Crippen molar-refractivity contribution in [3.63, 3.8) is 0 Å². The minimum absolute atomic E-state index is 0.172. The number of aromatic nitrogens is 2. The molecule has 1 heterocycles. The molecule has 0 aliphatic heterocycles. The molecule has 2 aromatic carbocycles. The van der Waals surface area contributed by atoms with Crippen LogP contribution in [0.4, 0.5) is 17.3 Å². The molecular formula is C23H25N5O2. The molecule has 7 nitrogen and oxygen atoms in total. The SMILES string of the molecule is CC(=O)Nc1cccc(NC(=O)[C@@H](Cc2ccccc2)Nc2nc(C)cc(C)n2)c1. The number of nitrogens with one attached hydrogen (secondary N) is 3. The summed E-state index contributed by atoms with van der Waals surface area (Å²) in [5.41, 5.74) is 3.87. The minimum atomic E-state index is -0.585. The van der Waals surface area contributed by atoms with Gasteiger partial charge in [-0.1, -0.05) is 36.4 Å². The molecule has 3 N–H and O–H groups in total. The zero-order valence-electron chi connectivity index (χ0n) is 17.3. The monoisotopic (exact) mass is 403 g/mol. The highest BCUT2D eigenvalue weighted by Crippen LogP contribution is 2.17. The van der Waals surface area contributed by atoms with E-state index in [1.165, 1.54) is 6.92 Å². The second kappa shape index (κ2) is 9.65. The van der Waals surface area contributed by atoms with Gasteiger partial charge in [0.1, 0.15) is 6.04 Å². The molecular weight excluding hydrogens is 378 g/mol. The maximum absolute atomic E-state index is 13.1. The summed E-state index contributed by atoms with van der Waals surface area (Å²) in [4.78, 5) is 33.2. The third-order valence-electron chi connectivity index (χ3n) is 4.34. The van der Waals surface area contributed by atoms with Crippen molar-refractivity contribution in [2.45, 2.75) is 33.2 Å². The molecule has 0 bridgehead atoms. The molecule has 3 rings (SSSR count). The second-order valence-electron chi connectivity index (χ2n) is 7.11. The van der Waals surface area contributed by atoms with E-state index in [9.17, 15) is 9.59 Å². The van der Waals surface area contributed by atoms with E-state index in [0.29, 0.717) is 23.7 Å². The Morgan fingerprint density at radius 2 is 1.50 bits per heavy atom. The van der Waals surface area contributed by atoms with Crippen LogP contribution >= 0.6 is 0 Å². The molecule has 30 heavy (non-hydrogen) atoms. The van der Waals surface area contributed by atoms with Crippen molar-refractivity contribution < 1.29 is 9.59 Å². The van der Waals surface area contributed by atoms with Crippen molar-refractivity contribution in [3.8, 4) is 0 Å². The number of rotatable bonds is 7. The van der Waals surface area contributed by atoms with Crippen LogP contribution in [0.3, 0.4) is 0 Å². The first-order valence-corrected chi connectivity index (χ1v) is 9.70. The van der Waals surface area contributed by atoms with Crippen LogP contribution in [0, 0.1) is 13.8 Å². The highest BCUT2D eigenvalue weighted by Gasteiger charge is 2.21. The van der Waals surface area contributed by atoms with Gasteiger partial charge in [0, 0.05) is 36.1 Å². The fourth-order valence-electron chi connectivity index (χ4n) is 3.11. The van der Waals surface area contributed by atoms with E-state index < -0.39 is 6.04 Å². The lowest BCUT2D eigenvalue weighted by Gasteiger charge is -2.19. The summed E-state index contributed by atoms with van der Waals surface area (Å²) in [5, 5.41) is 8.80. The Morgan fingerprint density at radius 3 is 2.13 bits per heavy atom. The van der Waals surface area contributed by atoms with Crippen LogP contribution in [0.15, 0.2) is 60.7 Å². The standard InChI is InChI=1S/C23H25N5O2/c1-15-12-16(2)25-23(24-15)28-21(13-18-8-5-4-6-9-18)22(30)27-20-11-7-10-19(14-20)26-17(3)29/h4-12,14,21H,13H2,1-3H3,(H,26,29)(H,27,30)(H,24,25,28)/t21-/m1/s1. The highest BCUT2D eigenvalue weighted by atomic mass is 16.2. The van der Waals surface area contributed by atoms with Crippen molar-refractivity contribution in [3.05, 3.63) is 77.6 Å². The molecule has 2 amide bonds. The molecule has 154 valence electrons. The van der Waals surface area contributed by atoms with Gasteiger partial charge in [-0.2, -0.15) is 0 Å². The summed E-state index contributed by atoms with van der Waals surface area (Å²) < 4.78 is 0. The molecule has 0 saturated carbocycles. The van der Waals surface area contributed by atoms with E-state index >= 15 is 0 Å². The fourth-order valence-corrected chi connectivity index (χ4v) is 3.11. The first kappa shape index (κ1) is 21.0. The van der Waals surface area contributed by atoms with Crippen molar-refractivity contribution in [2.24, 2.45) is 0 Å². The van der Waals surface area contributed by atoms with E-state index in [1.807, 2.05) is 50.2 Å². The number of aryl methyl sites for hydroxylation is 2. The number of hydrogen-bond acceptors (Lipinski definition) is 5. The normalized spacial score (nSPS) is 11.4. The molecule has 0 aliphatic carbocycles. The van der Waals surface area contributed by atoms with E-state index in [2.05, 4.69) is 25.9 Å². The van der Waals surface area contributed by atoms with Gasteiger partial charge in [-0.3, -0.25) is 9.59 Å². The number of carbonyl (C=O) groups excluding carboxylic acids is 2. The topological polar surface area (TPSA) is 96.0 Å². The predicted molar refractivity (Wildman–Crippen MR) is 118 cm³/mol. The van der Waals surface area contributed by atoms with E-state index in [0.717, 1.165) is 17.0 Å². The number of benzene rings is 2. The maximum atomic E-state index is 13.1. The third-order valence-corrected chi connectivity index (χ3v) is 4.34. The molecule has 0 spiro atoms. The molecule has 1 aromatic heterocycles. The number of hydrogen-bond donors (Lipinski definition) is 3. The second-order valence-corrected chi connectivity index (χ2v) is 7.11. The van der Waals surface area contributed by atoms with Crippen molar-refractivity contribution in [2.75, 3.05) is 16.0 Å². The summed E-state index contributed by atoms with van der Waals surface area (Å²) in [6.45, 7) is 5.22. The van der Waals surface area contributed by atoms with Crippen molar-refractivity contribution >= 4 is 29.1 Å². The van der Waals surface area contributed by atoms with Crippen LogP contribution in [0.2, 0.25) is 0 Å². The Bertz CT molecular complexity index is 1020. The van der Waals surface area contributed by atoms with Gasteiger partial charge in [0.15, 0.2) is 0 Å². The average Bonchev–Trinajstić information content (AvgIpc) is 2.67. The molecule has 0 aliphatic rings. The van der Waals surface area contributed by atoms with Crippen molar-refractivity contribution in [1.82, 2.24) is 9.97 Å². The zero-order chi connectivity index (χ0) is 21.5. The highest BCUT2D eigenvalue weighted by molar-refractivity contribution is 5.97. The number of amides is 2. The van der Waals surface area contributed by atoms with Crippen LogP contribution in [-0.2, 0) is 16.0 Å². The van der Waals surface area contributed by atoms with Gasteiger partial charge in [0.2, 0.25) is 17.8 Å². The Hall–Kier alpha value is -3.74. The summed E-state index contributed by atoms with van der Waals surface area (Å²) in [7, 11) is 0. The van der Waals surface area contributed by atoms with Gasteiger partial charge in [0.05, 0.1) is 0 Å². The summed E-state index contributed by atoms with van der Waals surface area (Å²) in [6.07, 6.45) is 0.467. The van der Waals surface area contributed by atoms with E-state index in [-0.39, 0.29) is 11.8 Å². The number of nitrogens with zero attached hydrogens (tertiary/aromatic N) is 2. The van der Waals surface area contributed by atoms with Gasteiger partial charge < -0.3 is 16.0 Å². The Morgan fingerprint density at radius 1 is 0.867 bits per heavy atom. The van der Waals surface area contributed by atoms with E-state index in [1.54, 1.807) is 24.3 Å². The lowest BCUT2D eigenvalue weighted by atomic mass is 10.1. The fraction of sp³-hybridized carbons (Fsp3) is 0.217. The first-order chi connectivity index (χ1) is 14.4. The van der Waals surface area contributed by atoms with Crippen LogP contribution in [0.5, 0.6) is 0 Å². The number of carbonyl (C=O) groups is 2. The first-order valence-electron chi connectivity index (χ1n) is 9.70. The molecule has 0 unspecified atom stereocenters. The molecule has 0 radical (unpaired) electrons. The Kier molecular flexibility index (Phi) is 6.75. The number of anilines is 3. The van der Waals surface area contributed by atoms with Crippen LogP contribution in [0.1, 0.15) is 23.9 Å². The van der Waals surface area contributed by atoms with Crippen molar-refractivity contribution in [1.29, 1.82) is 0 Å². The minimum Gasteiger partial charge on any atom is -0.342 e. The van der Waals surface area contributed by atoms with Crippen LogP contribution in [0.25, 0.3) is 0 Å². The van der Waals surface area contributed by atoms with Crippen LogP contribution in [-0.4, -0.2) is 27.8 Å². The Labute approximate surface area is 176 Å². The molecule has 3 aromatic rings. The third kappa shape index (κ3) is 6.13. The van der Waals surface area contributed by atoms with E-state index in [4.69, 9.17) is 0 Å². The van der Waals surface area contributed by atoms with Gasteiger partial charge in [0.25, 0.3) is 0 Å². The summed E-state index contributed by atoms with van der Waals surface area (Å²) in [5.74, 6) is 0.0197.